The summed E-state index contributed by atoms with van der Waals surface area (Å²) in [6.45, 7) is 0. The summed E-state index contributed by atoms with van der Waals surface area (Å²) in [7, 11) is -4.23. The summed E-state index contributed by atoms with van der Waals surface area (Å²) in [5.41, 5.74) is 4.72. The predicted molar refractivity (Wildman–Crippen MR) is 57.4 cm³/mol. The van der Waals surface area contributed by atoms with Gasteiger partial charge in [-0.05, 0) is 6.42 Å². The number of carbonyl (C=O) groups is 2. The Labute approximate surface area is 107 Å². The maximum atomic E-state index is 11.8. The van der Waals surface area contributed by atoms with Gasteiger partial charge in [0.1, 0.15) is 6.04 Å². The molecule has 0 bridgehead atoms. The molecule has 0 aromatic rings. The second-order valence-electron chi connectivity index (χ2n) is 3.72. The van der Waals surface area contributed by atoms with Crippen LogP contribution in [0, 0.1) is 0 Å². The lowest BCUT2D eigenvalue weighted by Gasteiger charge is -2.13. The fraction of sp³-hybridized carbons (Fsp3) is 0.750. The SMILES string of the molecule is NC(=O)C[C@@H](NS(=O)(=O)CCCC(F)(F)F)C(=O)O. The number of sulfonamides is 1. The molecule has 7 nitrogen and oxygen atoms in total. The van der Waals surface area contributed by atoms with E-state index in [2.05, 4.69) is 0 Å². The Bertz CT molecular complexity index is 434. The Hall–Kier alpha value is -1.36. The zero-order valence-electron chi connectivity index (χ0n) is 9.61. The first-order valence-electron chi connectivity index (χ1n) is 5.01. The number of aliphatic carboxylic acids is 1. The molecule has 0 radical (unpaired) electrons. The number of nitrogens with two attached hydrogens (primary N) is 1. The van der Waals surface area contributed by atoms with E-state index in [4.69, 9.17) is 10.8 Å². The molecular formula is C8H13F3N2O5S. The smallest absolute Gasteiger partial charge is 0.389 e. The average Bonchev–Trinajstić information content (AvgIpc) is 2.12. The monoisotopic (exact) mass is 306 g/mol. The van der Waals surface area contributed by atoms with Crippen LogP contribution in [-0.4, -0.2) is 43.4 Å². The molecule has 0 heterocycles. The number of carbonyl (C=O) groups excluding carboxylic acids is 1. The van der Waals surface area contributed by atoms with Crippen molar-refractivity contribution in [3.05, 3.63) is 0 Å². The van der Waals surface area contributed by atoms with Crippen LogP contribution in [0.1, 0.15) is 19.3 Å². The van der Waals surface area contributed by atoms with Crippen LogP contribution in [0.2, 0.25) is 0 Å². The molecule has 0 aliphatic carbocycles. The third kappa shape index (κ3) is 9.25. The van der Waals surface area contributed by atoms with Crippen molar-refractivity contribution < 1.29 is 36.3 Å². The van der Waals surface area contributed by atoms with E-state index in [1.54, 1.807) is 4.72 Å². The second kappa shape index (κ2) is 6.70. The molecule has 0 aliphatic rings. The van der Waals surface area contributed by atoms with Gasteiger partial charge < -0.3 is 10.8 Å². The van der Waals surface area contributed by atoms with Crippen molar-refractivity contribution >= 4 is 21.9 Å². The van der Waals surface area contributed by atoms with Gasteiger partial charge in [0, 0.05) is 6.42 Å². The number of hydrogen-bond donors (Lipinski definition) is 3. The first-order valence-corrected chi connectivity index (χ1v) is 6.66. The van der Waals surface area contributed by atoms with Crippen LogP contribution in [0.4, 0.5) is 13.2 Å². The number of carboxylic acid groups (broad SMARTS) is 1. The summed E-state index contributed by atoms with van der Waals surface area (Å²) in [6.07, 6.45) is -7.29. The van der Waals surface area contributed by atoms with Crippen molar-refractivity contribution in [2.75, 3.05) is 5.75 Å². The maximum absolute atomic E-state index is 11.8. The Morgan fingerprint density at radius 1 is 1.32 bits per heavy atom. The van der Waals surface area contributed by atoms with Crippen molar-refractivity contribution in [3.63, 3.8) is 0 Å². The molecule has 0 spiro atoms. The third-order valence-corrected chi connectivity index (χ3v) is 3.37. The van der Waals surface area contributed by atoms with Crippen LogP contribution < -0.4 is 10.5 Å². The highest BCUT2D eigenvalue weighted by Crippen LogP contribution is 2.21. The summed E-state index contributed by atoms with van der Waals surface area (Å²) in [5.74, 6) is -3.58. The Morgan fingerprint density at radius 3 is 2.21 bits per heavy atom. The molecule has 0 unspecified atom stereocenters. The van der Waals surface area contributed by atoms with Crippen LogP contribution in [0.25, 0.3) is 0 Å². The van der Waals surface area contributed by atoms with Crippen molar-refractivity contribution in [2.45, 2.75) is 31.5 Å². The van der Waals surface area contributed by atoms with Gasteiger partial charge in [-0.2, -0.15) is 13.2 Å². The summed E-state index contributed by atoms with van der Waals surface area (Å²) >= 11 is 0. The van der Waals surface area contributed by atoms with Gasteiger partial charge in [-0.1, -0.05) is 0 Å². The summed E-state index contributed by atoms with van der Waals surface area (Å²) in [4.78, 5) is 21.2. The van der Waals surface area contributed by atoms with E-state index in [1.807, 2.05) is 0 Å². The Kier molecular flexibility index (Phi) is 6.22. The van der Waals surface area contributed by atoms with E-state index < -0.39 is 59.1 Å². The van der Waals surface area contributed by atoms with Gasteiger partial charge in [0.05, 0.1) is 12.2 Å². The molecule has 112 valence electrons. The number of hydrogen-bond acceptors (Lipinski definition) is 4. The van der Waals surface area contributed by atoms with E-state index in [0.717, 1.165) is 0 Å². The molecule has 1 amide bonds. The quantitative estimate of drug-likeness (QED) is 0.561. The molecule has 1 atom stereocenters. The molecule has 0 aromatic heterocycles. The lowest BCUT2D eigenvalue weighted by atomic mass is 10.2. The van der Waals surface area contributed by atoms with Crippen LogP contribution >= 0.6 is 0 Å². The van der Waals surface area contributed by atoms with E-state index in [1.165, 1.54) is 0 Å². The lowest BCUT2D eigenvalue weighted by molar-refractivity contribution is -0.140. The Morgan fingerprint density at radius 2 is 1.84 bits per heavy atom. The number of alkyl halides is 3. The minimum atomic E-state index is -4.49. The first-order chi connectivity index (χ1) is 8.43. The van der Waals surface area contributed by atoms with Gasteiger partial charge in [-0.3, -0.25) is 9.59 Å². The molecule has 0 fully saturated rings. The van der Waals surface area contributed by atoms with Gasteiger partial charge >= 0.3 is 12.1 Å². The van der Waals surface area contributed by atoms with Crippen molar-refractivity contribution in [2.24, 2.45) is 5.73 Å². The highest BCUT2D eigenvalue weighted by Gasteiger charge is 2.29. The maximum Gasteiger partial charge on any atom is 0.389 e. The number of halogens is 3. The zero-order valence-corrected chi connectivity index (χ0v) is 10.4. The summed E-state index contributed by atoms with van der Waals surface area (Å²) < 4.78 is 59.7. The minimum Gasteiger partial charge on any atom is -0.480 e. The van der Waals surface area contributed by atoms with E-state index in [9.17, 15) is 31.2 Å². The van der Waals surface area contributed by atoms with Crippen LogP contribution in [-0.2, 0) is 19.6 Å². The van der Waals surface area contributed by atoms with Crippen molar-refractivity contribution in [1.82, 2.24) is 4.72 Å². The molecule has 0 aromatic carbocycles. The van der Waals surface area contributed by atoms with Gasteiger partial charge in [-0.25, -0.2) is 13.1 Å². The van der Waals surface area contributed by atoms with Gasteiger partial charge in [-0.15, -0.1) is 0 Å². The topological polar surface area (TPSA) is 127 Å². The van der Waals surface area contributed by atoms with Crippen LogP contribution in [0.5, 0.6) is 0 Å². The fourth-order valence-electron chi connectivity index (χ4n) is 1.12. The molecule has 0 saturated carbocycles. The number of rotatable bonds is 8. The average molecular weight is 306 g/mol. The van der Waals surface area contributed by atoms with Crippen LogP contribution in [0.15, 0.2) is 0 Å². The van der Waals surface area contributed by atoms with Crippen molar-refractivity contribution in [1.29, 1.82) is 0 Å². The number of primary amides is 1. The highest BCUT2D eigenvalue weighted by atomic mass is 32.2. The largest absolute Gasteiger partial charge is 0.480 e. The van der Waals surface area contributed by atoms with E-state index >= 15 is 0 Å². The Balaban J connectivity index is 4.48. The molecule has 4 N–H and O–H groups in total. The van der Waals surface area contributed by atoms with Gasteiger partial charge in [0.2, 0.25) is 15.9 Å². The molecule has 19 heavy (non-hydrogen) atoms. The summed E-state index contributed by atoms with van der Waals surface area (Å²) in [6, 6.07) is -1.78. The molecule has 11 heteroatoms. The lowest BCUT2D eigenvalue weighted by Crippen LogP contribution is -2.44. The standard InChI is InChI=1S/C8H13F3N2O5S/c9-8(10,11)2-1-3-19(17,18)13-5(7(15)16)4-6(12)14/h5,13H,1-4H2,(H2,12,14)(H,15,16)/t5-/m1/s1. The number of amides is 1. The normalized spacial score (nSPS) is 14.1. The summed E-state index contributed by atoms with van der Waals surface area (Å²) in [5, 5.41) is 8.63. The van der Waals surface area contributed by atoms with Gasteiger partial charge in [0.25, 0.3) is 0 Å². The third-order valence-electron chi connectivity index (χ3n) is 1.90. The van der Waals surface area contributed by atoms with Crippen molar-refractivity contribution in [3.8, 4) is 0 Å². The molecule has 0 aliphatic heterocycles. The number of carboxylic acids is 1. The fourth-order valence-corrected chi connectivity index (χ4v) is 2.38. The predicted octanol–water partition coefficient (Wildman–Crippen LogP) is -0.423. The molecular weight excluding hydrogens is 293 g/mol. The zero-order chi connectivity index (χ0) is 15.3. The number of nitrogens with one attached hydrogen (secondary N) is 1. The first kappa shape index (κ1) is 17.6. The van der Waals surface area contributed by atoms with Crippen LogP contribution in [0.3, 0.4) is 0 Å². The molecule has 0 saturated heterocycles. The van der Waals surface area contributed by atoms with Gasteiger partial charge in [0.15, 0.2) is 0 Å². The van der Waals surface area contributed by atoms with E-state index in [-0.39, 0.29) is 0 Å². The van der Waals surface area contributed by atoms with E-state index in [0.29, 0.717) is 0 Å². The second-order valence-corrected chi connectivity index (χ2v) is 5.59. The highest BCUT2D eigenvalue weighted by molar-refractivity contribution is 7.89. The minimum absolute atomic E-state index is 0.707. The molecule has 0 rings (SSSR count).